The normalized spacial score (nSPS) is 10.5. The van der Waals surface area contributed by atoms with Crippen LogP contribution in [0.3, 0.4) is 0 Å². The Morgan fingerprint density at radius 1 is 1.20 bits per heavy atom. The zero-order valence-electron chi connectivity index (χ0n) is 11.3. The maximum absolute atomic E-state index is 12.9. The van der Waals surface area contributed by atoms with E-state index in [9.17, 15) is 14.0 Å². The molecule has 0 saturated carbocycles. The Labute approximate surface area is 117 Å². The predicted octanol–water partition coefficient (Wildman–Crippen LogP) is 3.02. The van der Waals surface area contributed by atoms with Gasteiger partial charge in [0.2, 0.25) is 0 Å². The van der Waals surface area contributed by atoms with Gasteiger partial charge in [0.1, 0.15) is 11.6 Å². The fraction of sp³-hybridized carbons (Fsp3) is 0.333. The highest BCUT2D eigenvalue weighted by Gasteiger charge is 2.03. The van der Waals surface area contributed by atoms with E-state index in [2.05, 4.69) is 0 Å². The molecule has 0 aliphatic carbocycles. The van der Waals surface area contributed by atoms with Crippen molar-refractivity contribution in [3.8, 4) is 5.75 Å². The SMILES string of the molecule is CCCCCOC(=O)/C=C/C(=O)Oc1cccc(F)c1. The molecular weight excluding hydrogens is 263 g/mol. The monoisotopic (exact) mass is 280 g/mol. The van der Waals surface area contributed by atoms with E-state index < -0.39 is 17.8 Å². The third-order valence-corrected chi connectivity index (χ3v) is 2.36. The molecule has 20 heavy (non-hydrogen) atoms. The number of esters is 2. The lowest BCUT2D eigenvalue weighted by Gasteiger charge is -2.01. The van der Waals surface area contributed by atoms with Gasteiger partial charge >= 0.3 is 11.9 Å². The number of hydrogen-bond acceptors (Lipinski definition) is 4. The molecule has 0 aliphatic rings. The van der Waals surface area contributed by atoms with Crippen LogP contribution < -0.4 is 4.74 Å². The lowest BCUT2D eigenvalue weighted by Crippen LogP contribution is -2.07. The Morgan fingerprint density at radius 3 is 2.65 bits per heavy atom. The Hall–Kier alpha value is -2.17. The minimum absolute atomic E-state index is 0.0796. The highest BCUT2D eigenvalue weighted by molar-refractivity contribution is 5.92. The van der Waals surface area contributed by atoms with Crippen molar-refractivity contribution in [1.29, 1.82) is 0 Å². The Kier molecular flexibility index (Phi) is 7.03. The molecule has 0 aliphatic heterocycles. The highest BCUT2D eigenvalue weighted by atomic mass is 19.1. The van der Waals surface area contributed by atoms with Crippen molar-refractivity contribution in [2.45, 2.75) is 26.2 Å². The molecule has 0 N–H and O–H groups in total. The largest absolute Gasteiger partial charge is 0.463 e. The van der Waals surface area contributed by atoms with Crippen molar-refractivity contribution in [1.82, 2.24) is 0 Å². The van der Waals surface area contributed by atoms with Crippen molar-refractivity contribution in [2.24, 2.45) is 0 Å². The van der Waals surface area contributed by atoms with Crippen LogP contribution in [0.2, 0.25) is 0 Å². The van der Waals surface area contributed by atoms with Gasteiger partial charge in [-0.1, -0.05) is 25.8 Å². The second-order valence-corrected chi connectivity index (χ2v) is 4.09. The molecule has 108 valence electrons. The lowest BCUT2D eigenvalue weighted by atomic mass is 10.3. The topological polar surface area (TPSA) is 52.6 Å². The summed E-state index contributed by atoms with van der Waals surface area (Å²) >= 11 is 0. The molecular formula is C15H17FO4. The number of rotatable bonds is 7. The summed E-state index contributed by atoms with van der Waals surface area (Å²) in [5.41, 5.74) is 0. The fourth-order valence-electron chi connectivity index (χ4n) is 1.39. The second kappa shape index (κ2) is 8.85. The van der Waals surface area contributed by atoms with Crippen LogP contribution in [0.4, 0.5) is 4.39 Å². The van der Waals surface area contributed by atoms with Gasteiger partial charge in [-0.25, -0.2) is 14.0 Å². The summed E-state index contributed by atoms with van der Waals surface area (Å²) in [5, 5.41) is 0. The van der Waals surface area contributed by atoms with Gasteiger partial charge in [-0.05, 0) is 18.6 Å². The Bertz CT molecular complexity index is 483. The van der Waals surface area contributed by atoms with E-state index in [1.165, 1.54) is 18.2 Å². The zero-order chi connectivity index (χ0) is 14.8. The molecule has 0 fully saturated rings. The van der Waals surface area contributed by atoms with Gasteiger partial charge < -0.3 is 9.47 Å². The number of unbranched alkanes of at least 4 members (excludes halogenated alkanes) is 2. The molecule has 0 saturated heterocycles. The second-order valence-electron chi connectivity index (χ2n) is 4.09. The first-order valence-corrected chi connectivity index (χ1v) is 6.44. The van der Waals surface area contributed by atoms with E-state index in [4.69, 9.17) is 9.47 Å². The van der Waals surface area contributed by atoms with Crippen LogP contribution in [0.25, 0.3) is 0 Å². The van der Waals surface area contributed by atoms with E-state index in [-0.39, 0.29) is 5.75 Å². The molecule has 0 atom stereocenters. The Morgan fingerprint density at radius 2 is 1.95 bits per heavy atom. The number of carbonyl (C=O) groups excluding carboxylic acids is 2. The minimum atomic E-state index is -0.763. The van der Waals surface area contributed by atoms with E-state index in [1.807, 2.05) is 6.92 Å². The van der Waals surface area contributed by atoms with E-state index >= 15 is 0 Å². The van der Waals surface area contributed by atoms with E-state index in [0.717, 1.165) is 37.5 Å². The smallest absolute Gasteiger partial charge is 0.336 e. The van der Waals surface area contributed by atoms with Gasteiger partial charge in [0, 0.05) is 18.2 Å². The average molecular weight is 280 g/mol. The quantitative estimate of drug-likeness (QED) is 0.333. The molecule has 0 unspecified atom stereocenters. The van der Waals surface area contributed by atoms with Crippen molar-refractivity contribution in [3.05, 3.63) is 42.2 Å². The molecule has 5 heteroatoms. The molecule has 0 amide bonds. The predicted molar refractivity (Wildman–Crippen MR) is 71.7 cm³/mol. The Balaban J connectivity index is 2.34. The van der Waals surface area contributed by atoms with E-state index in [0.29, 0.717) is 6.61 Å². The molecule has 1 aromatic carbocycles. The lowest BCUT2D eigenvalue weighted by molar-refractivity contribution is -0.138. The maximum atomic E-state index is 12.9. The van der Waals surface area contributed by atoms with Gasteiger partial charge in [0.25, 0.3) is 0 Å². The molecule has 0 radical (unpaired) electrons. The molecule has 1 rings (SSSR count). The molecule has 0 spiro atoms. The summed E-state index contributed by atoms with van der Waals surface area (Å²) in [4.78, 5) is 22.6. The van der Waals surface area contributed by atoms with E-state index in [1.54, 1.807) is 0 Å². The summed E-state index contributed by atoms with van der Waals surface area (Å²) in [5.74, 6) is -1.79. The number of ether oxygens (including phenoxy) is 2. The third-order valence-electron chi connectivity index (χ3n) is 2.36. The standard InChI is InChI=1S/C15H17FO4/c1-2-3-4-10-19-14(17)8-9-15(18)20-13-7-5-6-12(16)11-13/h5-9,11H,2-4,10H2,1H3/b9-8+. The van der Waals surface area contributed by atoms with Crippen LogP contribution in [0.1, 0.15) is 26.2 Å². The summed E-state index contributed by atoms with van der Waals surface area (Å²) < 4.78 is 22.5. The highest BCUT2D eigenvalue weighted by Crippen LogP contribution is 2.12. The van der Waals surface area contributed by atoms with Crippen molar-refractivity contribution in [3.63, 3.8) is 0 Å². The first kappa shape index (κ1) is 15.9. The first-order valence-electron chi connectivity index (χ1n) is 6.44. The summed E-state index contributed by atoms with van der Waals surface area (Å²) in [7, 11) is 0. The number of carbonyl (C=O) groups is 2. The van der Waals surface area contributed by atoms with Crippen LogP contribution in [-0.2, 0) is 14.3 Å². The van der Waals surface area contributed by atoms with Crippen molar-refractivity contribution in [2.75, 3.05) is 6.61 Å². The summed E-state index contributed by atoms with van der Waals surface area (Å²) in [6.45, 7) is 2.38. The van der Waals surface area contributed by atoms with Crippen LogP contribution in [0.15, 0.2) is 36.4 Å². The summed E-state index contributed by atoms with van der Waals surface area (Å²) in [6, 6.07) is 5.18. The van der Waals surface area contributed by atoms with Gasteiger partial charge in [-0.2, -0.15) is 0 Å². The van der Waals surface area contributed by atoms with Gasteiger partial charge in [0.05, 0.1) is 6.61 Å². The van der Waals surface area contributed by atoms with Crippen molar-refractivity contribution < 1.29 is 23.5 Å². The molecule has 0 heterocycles. The van der Waals surface area contributed by atoms with Crippen LogP contribution in [0.5, 0.6) is 5.75 Å². The third kappa shape index (κ3) is 6.68. The zero-order valence-corrected chi connectivity index (χ0v) is 11.3. The van der Waals surface area contributed by atoms with Gasteiger partial charge in [0.15, 0.2) is 0 Å². The van der Waals surface area contributed by atoms with Crippen molar-refractivity contribution >= 4 is 11.9 Å². The fourth-order valence-corrected chi connectivity index (χ4v) is 1.39. The molecule has 0 aromatic heterocycles. The molecule has 0 bridgehead atoms. The van der Waals surface area contributed by atoms with Crippen LogP contribution >= 0.6 is 0 Å². The number of halogens is 1. The number of benzene rings is 1. The molecule has 4 nitrogen and oxygen atoms in total. The average Bonchev–Trinajstić information content (AvgIpc) is 2.41. The van der Waals surface area contributed by atoms with Crippen LogP contribution in [0, 0.1) is 5.82 Å². The van der Waals surface area contributed by atoms with Gasteiger partial charge in [-0.15, -0.1) is 0 Å². The minimum Gasteiger partial charge on any atom is -0.463 e. The maximum Gasteiger partial charge on any atom is 0.336 e. The molecule has 1 aromatic rings. The number of hydrogen-bond donors (Lipinski definition) is 0. The van der Waals surface area contributed by atoms with Gasteiger partial charge in [-0.3, -0.25) is 0 Å². The summed E-state index contributed by atoms with van der Waals surface area (Å²) in [6.07, 6.45) is 4.76. The first-order chi connectivity index (χ1) is 9.61. The van der Waals surface area contributed by atoms with Crippen LogP contribution in [-0.4, -0.2) is 18.5 Å².